The summed E-state index contributed by atoms with van der Waals surface area (Å²) in [5.74, 6) is 0.848. The van der Waals surface area contributed by atoms with Gasteiger partial charge in [-0.25, -0.2) is 0 Å². The van der Waals surface area contributed by atoms with E-state index < -0.39 is 0 Å². The normalized spacial score (nSPS) is 15.0. The Balaban J connectivity index is 1.43. The highest BCUT2D eigenvalue weighted by Crippen LogP contribution is 2.22. The Morgan fingerprint density at radius 1 is 1.35 bits per heavy atom. The maximum atomic E-state index is 12.4. The van der Waals surface area contributed by atoms with E-state index in [1.807, 2.05) is 19.2 Å². The molecule has 3 aromatic heterocycles. The molecule has 118 valence electrons. The van der Waals surface area contributed by atoms with Crippen molar-refractivity contribution in [3.8, 4) is 0 Å². The standard InChI is InChI=1S/C14H16N8O/c1-19-6-10(5-16-19)14(23)20(2)11-7-21(8-11)13-4-3-12-17-15-9-22(12)18-13/h3-6,9,11H,7-8H2,1-2H3. The zero-order valence-electron chi connectivity index (χ0n) is 12.9. The van der Waals surface area contributed by atoms with Crippen molar-refractivity contribution in [1.29, 1.82) is 0 Å². The summed E-state index contributed by atoms with van der Waals surface area (Å²) in [6.45, 7) is 1.51. The molecule has 0 radical (unpaired) electrons. The fourth-order valence-corrected chi connectivity index (χ4v) is 2.68. The van der Waals surface area contributed by atoms with Crippen LogP contribution in [0.15, 0.2) is 30.9 Å². The Morgan fingerprint density at radius 2 is 2.17 bits per heavy atom. The Hall–Kier alpha value is -2.97. The van der Waals surface area contributed by atoms with Crippen LogP contribution in [0.3, 0.4) is 0 Å². The van der Waals surface area contributed by atoms with E-state index in [4.69, 9.17) is 0 Å². The van der Waals surface area contributed by atoms with Crippen LogP contribution in [0.2, 0.25) is 0 Å². The average Bonchev–Trinajstić information content (AvgIpc) is 3.13. The molecule has 1 amide bonds. The number of amides is 1. The molecule has 0 aliphatic carbocycles. The highest BCUT2D eigenvalue weighted by Gasteiger charge is 2.34. The molecule has 1 fully saturated rings. The van der Waals surface area contributed by atoms with Gasteiger partial charge in [0.15, 0.2) is 5.65 Å². The molecule has 4 heterocycles. The fraction of sp³-hybridized carbons (Fsp3) is 0.357. The molecule has 0 saturated carbocycles. The first-order chi connectivity index (χ1) is 11.1. The average molecular weight is 312 g/mol. The third-order valence-corrected chi connectivity index (χ3v) is 4.15. The van der Waals surface area contributed by atoms with Gasteiger partial charge in [0.1, 0.15) is 12.1 Å². The second kappa shape index (κ2) is 5.04. The van der Waals surface area contributed by atoms with Gasteiger partial charge in [0, 0.05) is 33.4 Å². The van der Waals surface area contributed by atoms with Crippen LogP contribution < -0.4 is 4.90 Å². The summed E-state index contributed by atoms with van der Waals surface area (Å²) in [6.07, 6.45) is 4.90. The Kier molecular flexibility index (Phi) is 3.00. The first-order valence-corrected chi connectivity index (χ1v) is 7.29. The molecule has 1 aliphatic rings. The molecule has 3 aromatic rings. The highest BCUT2D eigenvalue weighted by molar-refractivity contribution is 5.94. The molecule has 9 nitrogen and oxygen atoms in total. The van der Waals surface area contributed by atoms with Gasteiger partial charge in [0.25, 0.3) is 5.91 Å². The van der Waals surface area contributed by atoms with Crippen LogP contribution in [0.25, 0.3) is 5.65 Å². The molecule has 0 spiro atoms. The number of hydrogen-bond acceptors (Lipinski definition) is 6. The van der Waals surface area contributed by atoms with Crippen molar-refractivity contribution < 1.29 is 4.79 Å². The van der Waals surface area contributed by atoms with Gasteiger partial charge in [0.05, 0.1) is 17.8 Å². The maximum absolute atomic E-state index is 12.4. The fourth-order valence-electron chi connectivity index (χ4n) is 2.68. The van der Waals surface area contributed by atoms with Crippen molar-refractivity contribution in [2.24, 2.45) is 7.05 Å². The molecule has 0 aromatic carbocycles. The molecular formula is C14H16N8O. The summed E-state index contributed by atoms with van der Waals surface area (Å²) >= 11 is 0. The van der Waals surface area contributed by atoms with Gasteiger partial charge in [-0.3, -0.25) is 9.48 Å². The van der Waals surface area contributed by atoms with Gasteiger partial charge in [0.2, 0.25) is 0 Å². The molecule has 23 heavy (non-hydrogen) atoms. The smallest absolute Gasteiger partial charge is 0.257 e. The van der Waals surface area contributed by atoms with E-state index in [-0.39, 0.29) is 11.9 Å². The van der Waals surface area contributed by atoms with Gasteiger partial charge in [-0.1, -0.05) is 0 Å². The van der Waals surface area contributed by atoms with E-state index >= 15 is 0 Å². The van der Waals surface area contributed by atoms with E-state index in [1.165, 1.54) is 0 Å². The predicted octanol–water partition coefficient (Wildman–Crippen LogP) is -0.181. The number of likely N-dealkylation sites (N-methyl/N-ethyl adjacent to an activating group) is 1. The SMILES string of the molecule is CN(C(=O)c1cnn(C)c1)C1CN(c2ccc3nncn3n2)C1. The van der Waals surface area contributed by atoms with Gasteiger partial charge in [-0.2, -0.15) is 9.61 Å². The van der Waals surface area contributed by atoms with Crippen LogP contribution >= 0.6 is 0 Å². The van der Waals surface area contributed by atoms with Crippen LogP contribution in [0.5, 0.6) is 0 Å². The second-order valence-electron chi connectivity index (χ2n) is 5.70. The van der Waals surface area contributed by atoms with Crippen molar-refractivity contribution in [2.75, 3.05) is 25.0 Å². The molecule has 9 heteroatoms. The van der Waals surface area contributed by atoms with Crippen LogP contribution in [-0.4, -0.2) is 66.6 Å². The number of fused-ring (bicyclic) bond motifs is 1. The summed E-state index contributed by atoms with van der Waals surface area (Å²) in [5, 5.41) is 16.3. The lowest BCUT2D eigenvalue weighted by Gasteiger charge is -2.44. The number of anilines is 1. The number of aryl methyl sites for hydroxylation is 1. The maximum Gasteiger partial charge on any atom is 0.257 e. The highest BCUT2D eigenvalue weighted by atomic mass is 16.2. The topological polar surface area (TPSA) is 84.5 Å². The number of rotatable bonds is 3. The molecule has 0 N–H and O–H groups in total. The minimum atomic E-state index is -0.00929. The lowest BCUT2D eigenvalue weighted by molar-refractivity contribution is 0.0705. The first-order valence-electron chi connectivity index (χ1n) is 7.29. The zero-order chi connectivity index (χ0) is 16.0. The summed E-state index contributed by atoms with van der Waals surface area (Å²) in [6, 6.07) is 3.97. The van der Waals surface area contributed by atoms with Crippen molar-refractivity contribution in [1.82, 2.24) is 34.5 Å². The van der Waals surface area contributed by atoms with Crippen LogP contribution in [0.1, 0.15) is 10.4 Å². The largest absolute Gasteiger partial charge is 0.351 e. The monoisotopic (exact) mass is 312 g/mol. The van der Waals surface area contributed by atoms with E-state index in [0.717, 1.165) is 24.6 Å². The third-order valence-electron chi connectivity index (χ3n) is 4.15. The van der Waals surface area contributed by atoms with Gasteiger partial charge in [-0.05, 0) is 12.1 Å². The summed E-state index contributed by atoms with van der Waals surface area (Å²) in [5.41, 5.74) is 1.33. The number of carbonyl (C=O) groups is 1. The van der Waals surface area contributed by atoms with E-state index in [0.29, 0.717) is 5.56 Å². The minimum absolute atomic E-state index is 0.00929. The lowest BCUT2D eigenvalue weighted by Crippen LogP contribution is -2.60. The van der Waals surface area contributed by atoms with Crippen LogP contribution in [0, 0.1) is 0 Å². The van der Waals surface area contributed by atoms with Crippen LogP contribution in [-0.2, 0) is 7.05 Å². The van der Waals surface area contributed by atoms with Crippen molar-refractivity contribution in [3.05, 3.63) is 36.4 Å². The number of hydrogen-bond donors (Lipinski definition) is 0. The van der Waals surface area contributed by atoms with Gasteiger partial charge >= 0.3 is 0 Å². The zero-order valence-corrected chi connectivity index (χ0v) is 12.9. The number of carbonyl (C=O) groups excluding carboxylic acids is 1. The molecule has 0 bridgehead atoms. The van der Waals surface area contributed by atoms with Gasteiger partial charge < -0.3 is 9.80 Å². The van der Waals surface area contributed by atoms with Crippen LogP contribution in [0.4, 0.5) is 5.82 Å². The van der Waals surface area contributed by atoms with E-state index in [2.05, 4.69) is 25.3 Å². The molecular weight excluding hydrogens is 296 g/mol. The quantitative estimate of drug-likeness (QED) is 0.667. The lowest BCUT2D eigenvalue weighted by atomic mass is 10.1. The molecule has 0 atom stereocenters. The Morgan fingerprint density at radius 3 is 2.91 bits per heavy atom. The summed E-state index contributed by atoms with van der Waals surface area (Å²) in [4.78, 5) is 16.3. The van der Waals surface area contributed by atoms with Crippen molar-refractivity contribution >= 4 is 17.4 Å². The summed E-state index contributed by atoms with van der Waals surface area (Å²) in [7, 11) is 3.63. The molecule has 1 aliphatic heterocycles. The summed E-state index contributed by atoms with van der Waals surface area (Å²) < 4.78 is 3.28. The van der Waals surface area contributed by atoms with Gasteiger partial charge in [-0.15, -0.1) is 15.3 Å². The molecule has 1 saturated heterocycles. The number of nitrogens with zero attached hydrogens (tertiary/aromatic N) is 8. The Bertz CT molecular complexity index is 862. The Labute approximate surface area is 132 Å². The molecule has 0 unspecified atom stereocenters. The number of aromatic nitrogens is 6. The van der Waals surface area contributed by atoms with E-state index in [1.54, 1.807) is 39.9 Å². The minimum Gasteiger partial charge on any atom is -0.351 e. The third kappa shape index (κ3) is 2.30. The first kappa shape index (κ1) is 13.7. The predicted molar refractivity (Wildman–Crippen MR) is 82.1 cm³/mol. The second-order valence-corrected chi connectivity index (χ2v) is 5.70. The van der Waals surface area contributed by atoms with Crippen molar-refractivity contribution in [2.45, 2.75) is 6.04 Å². The van der Waals surface area contributed by atoms with E-state index in [9.17, 15) is 4.79 Å². The van der Waals surface area contributed by atoms with Crippen molar-refractivity contribution in [3.63, 3.8) is 0 Å². The molecule has 4 rings (SSSR count).